The number of hydrogen-bond donors (Lipinski definition) is 2. The molecule has 0 aromatic heterocycles. The SMILES string of the molecule is CCCCCCOc1cc(C(NC(=O)c2ccc(Br)cc2)NC(=O)c2ccc(Br)cc2)ccc1OC. The molecule has 0 unspecified atom stereocenters. The van der Waals surface area contributed by atoms with E-state index in [1.54, 1.807) is 73.8 Å². The maximum atomic E-state index is 13.0. The van der Waals surface area contributed by atoms with Crippen molar-refractivity contribution in [3.63, 3.8) is 0 Å². The van der Waals surface area contributed by atoms with Gasteiger partial charge in [0.25, 0.3) is 11.8 Å². The summed E-state index contributed by atoms with van der Waals surface area (Å²) in [6.07, 6.45) is 3.54. The molecule has 3 aromatic rings. The standard InChI is InChI=1S/C28H30Br2N2O4/c1-3-4-5-6-17-36-25-18-21(11-16-24(25)35-2)26(31-27(33)19-7-12-22(29)13-8-19)32-28(34)20-9-14-23(30)15-10-20/h7-16,18,26H,3-6,17H2,1-2H3,(H,31,33)(H,32,34). The minimum absolute atomic E-state index is 0.318. The Labute approximate surface area is 229 Å². The van der Waals surface area contributed by atoms with E-state index in [0.717, 1.165) is 34.6 Å². The highest BCUT2D eigenvalue weighted by atomic mass is 79.9. The van der Waals surface area contributed by atoms with Crippen LogP contribution >= 0.6 is 31.9 Å². The number of nitrogens with one attached hydrogen (secondary N) is 2. The van der Waals surface area contributed by atoms with Crippen LogP contribution in [0.2, 0.25) is 0 Å². The van der Waals surface area contributed by atoms with E-state index in [-0.39, 0.29) is 11.8 Å². The summed E-state index contributed by atoms with van der Waals surface area (Å²) in [5, 5.41) is 5.88. The molecule has 0 aliphatic carbocycles. The molecule has 0 spiro atoms. The zero-order valence-electron chi connectivity index (χ0n) is 20.4. The molecule has 0 fully saturated rings. The molecule has 0 heterocycles. The summed E-state index contributed by atoms with van der Waals surface area (Å²) in [7, 11) is 1.58. The fourth-order valence-electron chi connectivity index (χ4n) is 3.53. The van der Waals surface area contributed by atoms with Crippen LogP contribution in [0.3, 0.4) is 0 Å². The highest BCUT2D eigenvalue weighted by molar-refractivity contribution is 9.10. The molecule has 6 nitrogen and oxygen atoms in total. The maximum absolute atomic E-state index is 13.0. The topological polar surface area (TPSA) is 76.7 Å². The third kappa shape index (κ3) is 8.10. The minimum Gasteiger partial charge on any atom is -0.493 e. The van der Waals surface area contributed by atoms with Crippen LogP contribution in [0.25, 0.3) is 0 Å². The van der Waals surface area contributed by atoms with Gasteiger partial charge in [0.1, 0.15) is 6.17 Å². The third-order valence-electron chi connectivity index (χ3n) is 5.54. The van der Waals surface area contributed by atoms with Crippen molar-refractivity contribution in [1.29, 1.82) is 0 Å². The van der Waals surface area contributed by atoms with E-state index in [4.69, 9.17) is 9.47 Å². The van der Waals surface area contributed by atoms with Crippen LogP contribution < -0.4 is 20.1 Å². The van der Waals surface area contributed by atoms with Crippen LogP contribution in [-0.4, -0.2) is 25.5 Å². The molecule has 0 radical (unpaired) electrons. The number of amides is 2. The van der Waals surface area contributed by atoms with E-state index in [2.05, 4.69) is 49.4 Å². The van der Waals surface area contributed by atoms with E-state index in [1.165, 1.54) is 0 Å². The average molecular weight is 618 g/mol. The average Bonchev–Trinajstić information content (AvgIpc) is 2.88. The van der Waals surface area contributed by atoms with Crippen molar-refractivity contribution in [2.75, 3.05) is 13.7 Å². The van der Waals surface area contributed by atoms with Crippen LogP contribution in [-0.2, 0) is 0 Å². The molecule has 190 valence electrons. The van der Waals surface area contributed by atoms with Gasteiger partial charge in [0.2, 0.25) is 0 Å². The second kappa shape index (κ2) is 14.0. The van der Waals surface area contributed by atoms with Crippen LogP contribution in [0.4, 0.5) is 0 Å². The van der Waals surface area contributed by atoms with Gasteiger partial charge in [-0.15, -0.1) is 0 Å². The summed E-state index contributed by atoms with van der Waals surface area (Å²) in [6.45, 7) is 2.72. The lowest BCUT2D eigenvalue weighted by atomic mass is 10.1. The van der Waals surface area contributed by atoms with Crippen LogP contribution in [0.5, 0.6) is 11.5 Å². The van der Waals surface area contributed by atoms with Crippen molar-refractivity contribution >= 4 is 43.7 Å². The molecule has 0 aliphatic heterocycles. The van der Waals surface area contributed by atoms with Crippen molar-refractivity contribution in [1.82, 2.24) is 10.6 Å². The second-order valence-corrected chi connectivity index (χ2v) is 10.0. The van der Waals surface area contributed by atoms with E-state index >= 15 is 0 Å². The second-order valence-electron chi connectivity index (χ2n) is 8.21. The Kier molecular flexibility index (Phi) is 10.8. The Bertz CT molecular complexity index is 1090. The van der Waals surface area contributed by atoms with Gasteiger partial charge in [-0.25, -0.2) is 0 Å². The van der Waals surface area contributed by atoms with Gasteiger partial charge >= 0.3 is 0 Å². The molecule has 0 bridgehead atoms. The summed E-state index contributed by atoms with van der Waals surface area (Å²) >= 11 is 6.77. The summed E-state index contributed by atoms with van der Waals surface area (Å²) in [4.78, 5) is 26.1. The first-order valence-electron chi connectivity index (χ1n) is 11.8. The van der Waals surface area contributed by atoms with Crippen molar-refractivity contribution in [2.24, 2.45) is 0 Å². The maximum Gasteiger partial charge on any atom is 0.253 e. The molecule has 0 saturated heterocycles. The van der Waals surface area contributed by atoms with Gasteiger partial charge in [-0.1, -0.05) is 64.1 Å². The normalized spacial score (nSPS) is 10.7. The minimum atomic E-state index is -0.800. The van der Waals surface area contributed by atoms with E-state index < -0.39 is 6.17 Å². The van der Waals surface area contributed by atoms with E-state index in [9.17, 15) is 9.59 Å². The number of rotatable bonds is 12. The van der Waals surface area contributed by atoms with Gasteiger partial charge in [0, 0.05) is 20.1 Å². The number of unbranched alkanes of at least 4 members (excludes halogenated alkanes) is 3. The summed E-state index contributed by atoms with van der Waals surface area (Å²) in [5.74, 6) is 0.515. The fraction of sp³-hybridized carbons (Fsp3) is 0.286. The number of carbonyl (C=O) groups excluding carboxylic acids is 2. The first-order chi connectivity index (χ1) is 17.4. The number of hydrogen-bond acceptors (Lipinski definition) is 4. The van der Waals surface area contributed by atoms with Crippen molar-refractivity contribution in [2.45, 2.75) is 38.8 Å². The lowest BCUT2D eigenvalue weighted by molar-refractivity contribution is 0.0883. The summed E-state index contributed by atoms with van der Waals surface area (Å²) < 4.78 is 13.2. The Hall–Kier alpha value is -2.84. The molecule has 0 aliphatic rings. The zero-order valence-corrected chi connectivity index (χ0v) is 23.5. The van der Waals surface area contributed by atoms with Crippen LogP contribution in [0.15, 0.2) is 75.7 Å². The Balaban J connectivity index is 1.86. The number of ether oxygens (including phenoxy) is 2. The van der Waals surface area contributed by atoms with Gasteiger partial charge in [-0.2, -0.15) is 0 Å². The molecular weight excluding hydrogens is 588 g/mol. The highest BCUT2D eigenvalue weighted by Gasteiger charge is 2.21. The predicted molar refractivity (Wildman–Crippen MR) is 149 cm³/mol. The van der Waals surface area contributed by atoms with E-state index in [0.29, 0.717) is 34.8 Å². The Morgan fingerprint density at radius 1 is 0.778 bits per heavy atom. The molecule has 3 rings (SSSR count). The van der Waals surface area contributed by atoms with Gasteiger partial charge < -0.3 is 20.1 Å². The quantitative estimate of drug-likeness (QED) is 0.169. The Morgan fingerprint density at radius 3 is 1.83 bits per heavy atom. The first-order valence-corrected chi connectivity index (χ1v) is 13.4. The fourth-order valence-corrected chi connectivity index (χ4v) is 4.06. The van der Waals surface area contributed by atoms with Crippen molar-refractivity contribution in [3.05, 3.63) is 92.4 Å². The number of halogens is 2. The predicted octanol–water partition coefficient (Wildman–Crippen LogP) is 7.04. The number of methoxy groups -OCH3 is 1. The lowest BCUT2D eigenvalue weighted by Gasteiger charge is -2.22. The summed E-state index contributed by atoms with van der Waals surface area (Å²) in [6, 6.07) is 19.4. The first kappa shape index (κ1) is 27.7. The molecule has 36 heavy (non-hydrogen) atoms. The van der Waals surface area contributed by atoms with Gasteiger partial charge in [-0.05, 0) is 72.6 Å². The Morgan fingerprint density at radius 2 is 1.33 bits per heavy atom. The molecular formula is C28H30Br2N2O4. The van der Waals surface area contributed by atoms with Gasteiger partial charge in [-0.3, -0.25) is 9.59 Å². The van der Waals surface area contributed by atoms with Crippen LogP contribution in [0.1, 0.15) is 65.1 Å². The van der Waals surface area contributed by atoms with Gasteiger partial charge in [0.05, 0.1) is 13.7 Å². The van der Waals surface area contributed by atoms with Crippen molar-refractivity contribution in [3.8, 4) is 11.5 Å². The molecule has 0 atom stereocenters. The van der Waals surface area contributed by atoms with Crippen molar-refractivity contribution < 1.29 is 19.1 Å². The lowest BCUT2D eigenvalue weighted by Crippen LogP contribution is -2.41. The van der Waals surface area contributed by atoms with Crippen LogP contribution in [0, 0.1) is 0 Å². The smallest absolute Gasteiger partial charge is 0.253 e. The zero-order chi connectivity index (χ0) is 25.9. The van der Waals surface area contributed by atoms with E-state index in [1.807, 2.05) is 0 Å². The third-order valence-corrected chi connectivity index (χ3v) is 6.60. The molecule has 2 amide bonds. The molecule has 2 N–H and O–H groups in total. The number of benzene rings is 3. The number of carbonyl (C=O) groups is 2. The monoisotopic (exact) mass is 616 g/mol. The molecule has 8 heteroatoms. The highest BCUT2D eigenvalue weighted by Crippen LogP contribution is 2.30. The largest absolute Gasteiger partial charge is 0.493 e. The molecule has 3 aromatic carbocycles. The van der Waals surface area contributed by atoms with Gasteiger partial charge in [0.15, 0.2) is 11.5 Å². The summed E-state index contributed by atoms with van der Waals surface area (Å²) in [5.41, 5.74) is 1.61. The molecule has 0 saturated carbocycles.